The zero-order valence-electron chi connectivity index (χ0n) is 26.3. The van der Waals surface area contributed by atoms with Crippen LogP contribution in [0.1, 0.15) is 130 Å². The summed E-state index contributed by atoms with van der Waals surface area (Å²) in [6.45, 7) is 20.0. The van der Waals surface area contributed by atoms with Gasteiger partial charge in [-0.15, -0.1) is 0 Å². The molecule has 0 spiro atoms. The molecule has 8 atom stereocenters. The molecule has 0 aromatic heterocycles. The van der Waals surface area contributed by atoms with Crippen LogP contribution in [-0.4, -0.2) is 12.1 Å². The van der Waals surface area contributed by atoms with Crippen LogP contribution < -0.4 is 0 Å². The summed E-state index contributed by atoms with van der Waals surface area (Å²) in [4.78, 5) is 13.0. The maximum absolute atomic E-state index is 13.0. The molecule has 5 rings (SSSR count). The number of esters is 1. The van der Waals surface area contributed by atoms with Crippen LogP contribution in [-0.2, 0) is 4.74 Å². The molecule has 39 heavy (non-hydrogen) atoms. The Morgan fingerprint density at radius 3 is 2.31 bits per heavy atom. The minimum absolute atomic E-state index is 0.0209. The third kappa shape index (κ3) is 4.64. The summed E-state index contributed by atoms with van der Waals surface area (Å²) in [5.74, 6) is 3.60. The van der Waals surface area contributed by atoms with Gasteiger partial charge >= 0.3 is 5.97 Å². The molecule has 0 heterocycles. The van der Waals surface area contributed by atoms with Crippen molar-refractivity contribution in [3.8, 4) is 0 Å². The fraction of sp³-hybridized carbons (Fsp3) is 0.757. The number of hydrogen-bond donors (Lipinski definition) is 0. The summed E-state index contributed by atoms with van der Waals surface area (Å²) in [7, 11) is 0. The lowest BCUT2D eigenvalue weighted by molar-refractivity contribution is -0.122. The molecule has 1 aromatic carbocycles. The topological polar surface area (TPSA) is 26.3 Å². The summed E-state index contributed by atoms with van der Waals surface area (Å²) in [6.07, 6.45) is 15.6. The first kappa shape index (κ1) is 28.9. The molecule has 4 aliphatic carbocycles. The molecule has 2 heteroatoms. The van der Waals surface area contributed by atoms with Crippen molar-refractivity contribution in [3.05, 3.63) is 47.5 Å². The largest absolute Gasteiger partial charge is 0.458 e. The van der Waals surface area contributed by atoms with E-state index in [9.17, 15) is 4.79 Å². The summed E-state index contributed by atoms with van der Waals surface area (Å²) in [6, 6.07) is 9.54. The first-order chi connectivity index (χ1) is 18.3. The summed E-state index contributed by atoms with van der Waals surface area (Å²) in [5.41, 5.74) is 3.46. The van der Waals surface area contributed by atoms with E-state index in [0.29, 0.717) is 28.2 Å². The highest BCUT2D eigenvalue weighted by molar-refractivity contribution is 5.89. The van der Waals surface area contributed by atoms with Gasteiger partial charge < -0.3 is 4.74 Å². The third-order valence-electron chi connectivity index (χ3n) is 13.2. The molecule has 3 fully saturated rings. The van der Waals surface area contributed by atoms with Crippen LogP contribution in [0.4, 0.5) is 0 Å². The van der Waals surface area contributed by atoms with Crippen molar-refractivity contribution in [2.45, 2.75) is 126 Å². The Morgan fingerprint density at radius 2 is 1.62 bits per heavy atom. The second-order valence-corrected chi connectivity index (χ2v) is 15.9. The van der Waals surface area contributed by atoms with Crippen LogP contribution in [0.5, 0.6) is 0 Å². The Morgan fingerprint density at radius 1 is 0.897 bits per heavy atom. The van der Waals surface area contributed by atoms with E-state index in [2.05, 4.69) is 61.5 Å². The Bertz CT molecular complexity index is 1070. The minimum atomic E-state index is -0.161. The van der Waals surface area contributed by atoms with Crippen LogP contribution in [0.25, 0.3) is 0 Å². The Hall–Kier alpha value is -1.57. The van der Waals surface area contributed by atoms with Crippen molar-refractivity contribution in [2.24, 2.45) is 51.2 Å². The van der Waals surface area contributed by atoms with Gasteiger partial charge in [0.2, 0.25) is 0 Å². The first-order valence-corrected chi connectivity index (χ1v) is 16.3. The van der Waals surface area contributed by atoms with Gasteiger partial charge in [-0.1, -0.05) is 105 Å². The van der Waals surface area contributed by atoms with E-state index >= 15 is 0 Å². The third-order valence-corrected chi connectivity index (χ3v) is 13.2. The van der Waals surface area contributed by atoms with Gasteiger partial charge in [0.15, 0.2) is 0 Å². The highest BCUT2D eigenvalue weighted by atomic mass is 16.5. The van der Waals surface area contributed by atoms with Crippen LogP contribution in [0, 0.1) is 51.2 Å². The van der Waals surface area contributed by atoms with Crippen molar-refractivity contribution in [3.63, 3.8) is 0 Å². The summed E-state index contributed by atoms with van der Waals surface area (Å²) >= 11 is 0. The maximum Gasteiger partial charge on any atom is 0.338 e. The van der Waals surface area contributed by atoms with Crippen LogP contribution in [0.15, 0.2) is 42.0 Å². The number of carbonyl (C=O) groups is 1. The van der Waals surface area contributed by atoms with Crippen LogP contribution >= 0.6 is 0 Å². The van der Waals surface area contributed by atoms with Crippen molar-refractivity contribution in [2.75, 3.05) is 0 Å². The molecule has 0 bridgehead atoms. The molecular formula is C37H56O2. The maximum atomic E-state index is 13.0. The quantitative estimate of drug-likeness (QED) is 0.258. The molecule has 0 unspecified atom stereocenters. The molecule has 0 amide bonds. The van der Waals surface area contributed by atoms with E-state index < -0.39 is 0 Å². The molecule has 216 valence electrons. The average molecular weight is 533 g/mol. The molecule has 1 aromatic rings. The monoisotopic (exact) mass is 532 g/mol. The highest BCUT2D eigenvalue weighted by Crippen LogP contribution is 2.73. The number of ether oxygens (including phenoxy) is 1. The van der Waals surface area contributed by atoms with Gasteiger partial charge in [-0.05, 0) is 103 Å². The number of hydrogen-bond acceptors (Lipinski definition) is 2. The van der Waals surface area contributed by atoms with Crippen LogP contribution in [0.2, 0.25) is 0 Å². The van der Waals surface area contributed by atoms with Gasteiger partial charge in [-0.25, -0.2) is 4.79 Å². The van der Waals surface area contributed by atoms with Crippen molar-refractivity contribution < 1.29 is 9.53 Å². The second-order valence-electron chi connectivity index (χ2n) is 15.9. The van der Waals surface area contributed by atoms with Gasteiger partial charge in [0.25, 0.3) is 0 Å². The van der Waals surface area contributed by atoms with Gasteiger partial charge in [-0.3, -0.25) is 0 Å². The van der Waals surface area contributed by atoms with Gasteiger partial charge in [0, 0.05) is 5.41 Å². The van der Waals surface area contributed by atoms with E-state index in [1.807, 2.05) is 30.3 Å². The molecule has 3 saturated carbocycles. The Balaban J connectivity index is 1.36. The standard InChI is InChI=1S/C37H56O2/c1-25(2)13-12-14-26(3)28-19-23-37(8)30-17-18-31-34(4,5)32(39-33(38)27-15-10-9-11-16-27)21-22-35(31,6)29(30)20-24-36(28,37)7/h9-11,15-16,20,25-26,28,30-32H,12-14,17-19,21-24H2,1-8H3/t26-,28-,30-,31+,32+,35-,36-,37+/m1/s1. The summed E-state index contributed by atoms with van der Waals surface area (Å²) in [5, 5.41) is 0. The summed E-state index contributed by atoms with van der Waals surface area (Å²) < 4.78 is 6.26. The van der Waals surface area contributed by atoms with E-state index in [0.717, 1.165) is 30.6 Å². The fourth-order valence-electron chi connectivity index (χ4n) is 10.7. The lowest BCUT2D eigenvalue weighted by atomic mass is 9.41. The van der Waals surface area contributed by atoms with Gasteiger partial charge in [0.1, 0.15) is 6.10 Å². The van der Waals surface area contributed by atoms with E-state index in [1.165, 1.54) is 51.4 Å². The number of carbonyl (C=O) groups excluding carboxylic acids is 1. The zero-order chi connectivity index (χ0) is 28.2. The number of benzene rings is 1. The molecule has 0 aliphatic heterocycles. The van der Waals surface area contributed by atoms with E-state index in [1.54, 1.807) is 5.57 Å². The average Bonchev–Trinajstić information content (AvgIpc) is 3.17. The van der Waals surface area contributed by atoms with Gasteiger partial charge in [0.05, 0.1) is 5.56 Å². The van der Waals surface area contributed by atoms with Gasteiger partial charge in [-0.2, -0.15) is 0 Å². The predicted octanol–water partition coefficient (Wildman–Crippen LogP) is 10.3. The fourth-order valence-corrected chi connectivity index (χ4v) is 10.7. The molecule has 0 N–H and O–H groups in total. The normalized spacial score (nSPS) is 39.8. The molecular weight excluding hydrogens is 476 g/mol. The van der Waals surface area contributed by atoms with Crippen LogP contribution in [0.3, 0.4) is 0 Å². The van der Waals surface area contributed by atoms with Crippen molar-refractivity contribution in [1.82, 2.24) is 0 Å². The Labute approximate surface area is 239 Å². The molecule has 4 aliphatic rings. The molecule has 0 saturated heterocycles. The predicted molar refractivity (Wildman–Crippen MR) is 162 cm³/mol. The van der Waals surface area contributed by atoms with Crippen molar-refractivity contribution >= 4 is 5.97 Å². The number of fused-ring (bicyclic) bond motifs is 5. The minimum Gasteiger partial charge on any atom is -0.458 e. The molecule has 2 nitrogen and oxygen atoms in total. The smallest absolute Gasteiger partial charge is 0.338 e. The Kier molecular flexibility index (Phi) is 7.69. The SMILES string of the molecule is CC(C)CCC[C@@H](C)[C@H]1CC[C@@]2(C)[C@@H]3CC[C@H]4C(C)(C)[C@@H](OC(=O)c5ccccc5)CC[C@]4(C)C3=CC[C@]12C. The number of rotatable bonds is 7. The lowest BCUT2D eigenvalue weighted by Gasteiger charge is -2.64. The van der Waals surface area contributed by atoms with Crippen molar-refractivity contribution in [1.29, 1.82) is 0 Å². The molecule has 0 radical (unpaired) electrons. The zero-order valence-corrected chi connectivity index (χ0v) is 26.3. The lowest BCUT2D eigenvalue weighted by Crippen LogP contribution is -2.58. The first-order valence-electron chi connectivity index (χ1n) is 16.3. The second kappa shape index (κ2) is 10.4. The van der Waals surface area contributed by atoms with E-state index in [-0.39, 0.29) is 22.9 Å². The highest BCUT2D eigenvalue weighted by Gasteiger charge is 2.65. The van der Waals surface area contributed by atoms with E-state index in [4.69, 9.17) is 4.74 Å². The number of allylic oxidation sites excluding steroid dienone is 2.